The predicted molar refractivity (Wildman–Crippen MR) is 124 cm³/mol. The normalized spacial score (nSPS) is 15.2. The summed E-state index contributed by atoms with van der Waals surface area (Å²) in [6.07, 6.45) is 6.53. The van der Waals surface area contributed by atoms with Crippen LogP contribution in [0.1, 0.15) is 70.8 Å². The largest absolute Gasteiger partial charge is 0.303 e. The molecule has 2 aromatic rings. The number of piperidine rings is 1. The fourth-order valence-electron chi connectivity index (χ4n) is 3.52. The molecule has 0 N–H and O–H groups in total. The molecule has 1 saturated heterocycles. The van der Waals surface area contributed by atoms with E-state index < -0.39 is 0 Å². The van der Waals surface area contributed by atoms with Crippen molar-refractivity contribution in [2.75, 3.05) is 13.1 Å². The van der Waals surface area contributed by atoms with Gasteiger partial charge in [0.25, 0.3) is 0 Å². The Labute approximate surface area is 177 Å². The highest BCUT2D eigenvalue weighted by atomic mass is 15.1. The van der Waals surface area contributed by atoms with E-state index in [2.05, 4.69) is 65.2 Å². The van der Waals surface area contributed by atoms with Gasteiger partial charge >= 0.3 is 0 Å². The monoisotopic (exact) mass is 394 g/mol. The molecule has 0 amide bonds. The van der Waals surface area contributed by atoms with Gasteiger partial charge < -0.3 is 4.57 Å². The number of imidazole rings is 1. The average Bonchev–Trinajstić information content (AvgIpc) is 3.14. The van der Waals surface area contributed by atoms with Crippen molar-refractivity contribution < 1.29 is 0 Å². The quantitative estimate of drug-likeness (QED) is 0.590. The van der Waals surface area contributed by atoms with Crippen LogP contribution in [0.25, 0.3) is 11.8 Å². The van der Waals surface area contributed by atoms with Crippen LogP contribution in [0.15, 0.2) is 37.2 Å². The molecule has 2 heterocycles. The Morgan fingerprint density at radius 1 is 1.14 bits per heavy atom. The average molecular weight is 395 g/mol. The molecule has 0 atom stereocenters. The van der Waals surface area contributed by atoms with Crippen molar-refractivity contribution in [3.8, 4) is 11.8 Å². The summed E-state index contributed by atoms with van der Waals surface area (Å²) in [5, 5.41) is 8.97. The third-order valence-electron chi connectivity index (χ3n) is 5.43. The summed E-state index contributed by atoms with van der Waals surface area (Å²) in [7, 11) is 0. The van der Waals surface area contributed by atoms with Crippen molar-refractivity contribution in [1.82, 2.24) is 14.5 Å². The van der Waals surface area contributed by atoms with Gasteiger partial charge in [-0.3, -0.25) is 4.90 Å². The molecule has 0 unspecified atom stereocenters. The summed E-state index contributed by atoms with van der Waals surface area (Å²) in [6, 6.07) is 11.0. The second kappa shape index (κ2) is 12.2. The lowest BCUT2D eigenvalue weighted by atomic mass is 9.78. The number of likely N-dealkylation sites (tertiary alicyclic amines) is 1. The summed E-state index contributed by atoms with van der Waals surface area (Å²) >= 11 is 0. The van der Waals surface area contributed by atoms with E-state index in [1.807, 2.05) is 34.0 Å². The smallest absolute Gasteiger partial charge is 0.100 e. The number of hydrogen-bond donors (Lipinski definition) is 0. The molecule has 1 aromatic heterocycles. The molecule has 4 heteroatoms. The number of rotatable bonds is 5. The molecule has 0 saturated carbocycles. The van der Waals surface area contributed by atoms with Crippen molar-refractivity contribution >= 4 is 6.08 Å². The van der Waals surface area contributed by atoms with Gasteiger partial charge in [0.1, 0.15) is 6.33 Å². The van der Waals surface area contributed by atoms with Crippen molar-refractivity contribution in [2.45, 2.75) is 67.3 Å². The molecule has 1 fully saturated rings. The van der Waals surface area contributed by atoms with Crippen molar-refractivity contribution in [3.05, 3.63) is 54.1 Å². The zero-order chi connectivity index (χ0) is 21.9. The minimum Gasteiger partial charge on any atom is -0.303 e. The lowest BCUT2D eigenvalue weighted by Gasteiger charge is -2.38. The van der Waals surface area contributed by atoms with E-state index in [-0.39, 0.29) is 5.41 Å². The van der Waals surface area contributed by atoms with Crippen LogP contribution in [0.4, 0.5) is 0 Å². The number of aromatic nitrogens is 2. The van der Waals surface area contributed by atoms with E-state index in [1.165, 1.54) is 5.56 Å². The summed E-state index contributed by atoms with van der Waals surface area (Å²) < 4.78 is 2.09. The van der Waals surface area contributed by atoms with E-state index >= 15 is 0 Å². The molecule has 0 radical (unpaired) electrons. The zero-order valence-corrected chi connectivity index (χ0v) is 19.2. The highest BCUT2D eigenvalue weighted by Gasteiger charge is 2.29. The number of hydrogen-bond acceptors (Lipinski definition) is 3. The molecule has 29 heavy (non-hydrogen) atoms. The van der Waals surface area contributed by atoms with Crippen LogP contribution in [-0.4, -0.2) is 27.5 Å². The SMILES string of the molecule is C=Cc1ncn(-c2ccc(CN3CCC(C)(CC#N)CC3)cc2)c1C.CC.CC. The number of benzene rings is 1. The molecule has 0 aliphatic carbocycles. The van der Waals surface area contributed by atoms with Gasteiger partial charge in [0.2, 0.25) is 0 Å². The van der Waals surface area contributed by atoms with Crippen LogP contribution in [0.2, 0.25) is 0 Å². The summed E-state index contributed by atoms with van der Waals surface area (Å²) in [5.41, 5.74) is 4.70. The standard InChI is InChI=1S/C21H26N4.2C2H6/c1-4-20-17(2)25(16-23-20)19-7-5-18(6-8-19)15-24-13-10-21(3,9-12-22)11-14-24;2*1-2/h4-8,16H,1,9-11,13-15H2,2-3H3;2*1-2H3. The first-order valence-electron chi connectivity index (χ1n) is 10.9. The Hall–Kier alpha value is -2.38. The Morgan fingerprint density at radius 3 is 2.21 bits per heavy atom. The van der Waals surface area contributed by atoms with Crippen LogP contribution >= 0.6 is 0 Å². The summed E-state index contributed by atoms with van der Waals surface area (Å²) in [5.74, 6) is 0. The molecular weight excluding hydrogens is 356 g/mol. The summed E-state index contributed by atoms with van der Waals surface area (Å²) in [4.78, 5) is 6.86. The minimum absolute atomic E-state index is 0.205. The van der Waals surface area contributed by atoms with Crippen molar-refractivity contribution in [2.24, 2.45) is 5.41 Å². The molecular formula is C25H38N4. The van der Waals surface area contributed by atoms with E-state index in [1.54, 1.807) is 6.08 Å². The fraction of sp³-hybridized carbons (Fsp3) is 0.520. The van der Waals surface area contributed by atoms with Gasteiger partial charge in [-0.05, 0) is 62.0 Å². The van der Waals surface area contributed by atoms with Gasteiger partial charge in [0.05, 0.1) is 11.8 Å². The third-order valence-corrected chi connectivity index (χ3v) is 5.43. The molecule has 3 rings (SSSR count). The fourth-order valence-corrected chi connectivity index (χ4v) is 3.52. The number of nitriles is 1. The summed E-state index contributed by atoms with van der Waals surface area (Å²) in [6.45, 7) is 19.2. The van der Waals surface area contributed by atoms with E-state index in [9.17, 15) is 0 Å². The van der Waals surface area contributed by atoms with Crippen LogP contribution in [0, 0.1) is 23.7 Å². The molecule has 158 valence electrons. The van der Waals surface area contributed by atoms with Gasteiger partial charge in [-0.15, -0.1) is 0 Å². The lowest BCUT2D eigenvalue weighted by Crippen LogP contribution is -2.38. The third kappa shape index (κ3) is 6.58. The first kappa shape index (κ1) is 24.7. The van der Waals surface area contributed by atoms with Gasteiger partial charge in [0.15, 0.2) is 0 Å². The predicted octanol–water partition coefficient (Wildman–Crippen LogP) is 6.39. The topological polar surface area (TPSA) is 44.9 Å². The molecule has 1 aromatic carbocycles. The van der Waals surface area contributed by atoms with Crippen LogP contribution < -0.4 is 0 Å². The highest BCUT2D eigenvalue weighted by Crippen LogP contribution is 2.34. The van der Waals surface area contributed by atoms with Gasteiger partial charge in [-0.25, -0.2) is 4.98 Å². The van der Waals surface area contributed by atoms with E-state index in [4.69, 9.17) is 5.26 Å². The maximum atomic E-state index is 8.97. The van der Waals surface area contributed by atoms with Crippen LogP contribution in [0.3, 0.4) is 0 Å². The molecule has 0 bridgehead atoms. The van der Waals surface area contributed by atoms with Crippen LogP contribution in [-0.2, 0) is 6.54 Å². The maximum absolute atomic E-state index is 8.97. The molecule has 1 aliphatic rings. The second-order valence-electron chi connectivity index (χ2n) is 7.38. The first-order valence-corrected chi connectivity index (χ1v) is 10.9. The van der Waals surface area contributed by atoms with Gasteiger partial charge in [-0.1, -0.05) is 53.3 Å². The lowest BCUT2D eigenvalue weighted by molar-refractivity contribution is 0.116. The van der Waals surface area contributed by atoms with Crippen molar-refractivity contribution in [3.63, 3.8) is 0 Å². The van der Waals surface area contributed by atoms with Gasteiger partial charge in [-0.2, -0.15) is 5.26 Å². The molecule has 0 spiro atoms. The second-order valence-corrected chi connectivity index (χ2v) is 7.38. The van der Waals surface area contributed by atoms with Crippen LogP contribution in [0.5, 0.6) is 0 Å². The molecule has 1 aliphatic heterocycles. The maximum Gasteiger partial charge on any atom is 0.100 e. The van der Waals surface area contributed by atoms with Crippen molar-refractivity contribution in [1.29, 1.82) is 5.26 Å². The Kier molecular flexibility index (Phi) is 10.4. The van der Waals surface area contributed by atoms with Gasteiger partial charge in [0, 0.05) is 24.3 Å². The highest BCUT2D eigenvalue weighted by molar-refractivity contribution is 5.48. The Morgan fingerprint density at radius 2 is 1.72 bits per heavy atom. The Bertz CT molecular complexity index is 772. The first-order chi connectivity index (χ1) is 14.0. The van der Waals surface area contributed by atoms with E-state index in [0.717, 1.165) is 49.6 Å². The number of nitrogens with zero attached hydrogens (tertiary/aromatic N) is 4. The zero-order valence-electron chi connectivity index (χ0n) is 19.2. The Balaban J connectivity index is 0.000000989. The van der Waals surface area contributed by atoms with E-state index in [0.29, 0.717) is 6.42 Å². The molecule has 4 nitrogen and oxygen atoms in total. The minimum atomic E-state index is 0.205.